The lowest BCUT2D eigenvalue weighted by atomic mass is 10.1. The highest BCUT2D eigenvalue weighted by molar-refractivity contribution is 7.98. The molecule has 6 nitrogen and oxygen atoms in total. The Morgan fingerprint density at radius 2 is 1.96 bits per heavy atom. The standard InChI is InChI=1S/C21H18N2O4S/c1-3-23-19(24)16-10-13-6-4-5-7-14(13)11-17(16)22-21(23)28-12-15-8-9-27-18(15)20(25)26-2/h4-11H,3,12H2,1-2H3. The van der Waals surface area contributed by atoms with Crippen molar-refractivity contribution in [2.75, 3.05) is 7.11 Å². The predicted molar refractivity (Wildman–Crippen MR) is 109 cm³/mol. The fourth-order valence-electron chi connectivity index (χ4n) is 3.14. The molecule has 0 bridgehead atoms. The second kappa shape index (κ2) is 7.52. The van der Waals surface area contributed by atoms with Gasteiger partial charge in [-0.15, -0.1) is 0 Å². The van der Waals surface area contributed by atoms with Crippen LogP contribution in [0.1, 0.15) is 23.0 Å². The summed E-state index contributed by atoms with van der Waals surface area (Å²) in [5.74, 6) is 0.0884. The van der Waals surface area contributed by atoms with Gasteiger partial charge in [0.1, 0.15) is 0 Å². The van der Waals surface area contributed by atoms with Crippen LogP contribution < -0.4 is 5.56 Å². The molecule has 4 aromatic rings. The van der Waals surface area contributed by atoms with Crippen molar-refractivity contribution in [2.45, 2.75) is 24.4 Å². The number of carbonyl (C=O) groups is 1. The Balaban J connectivity index is 1.76. The van der Waals surface area contributed by atoms with E-state index in [1.807, 2.05) is 43.3 Å². The Hall–Kier alpha value is -3.06. The van der Waals surface area contributed by atoms with Gasteiger partial charge in [-0.1, -0.05) is 36.0 Å². The van der Waals surface area contributed by atoms with Gasteiger partial charge in [0.2, 0.25) is 5.76 Å². The summed E-state index contributed by atoms with van der Waals surface area (Å²) in [6.45, 7) is 2.42. The van der Waals surface area contributed by atoms with E-state index in [-0.39, 0.29) is 11.3 Å². The Bertz CT molecular complexity index is 1240. The topological polar surface area (TPSA) is 74.3 Å². The number of aromatic nitrogens is 2. The Morgan fingerprint density at radius 1 is 1.21 bits per heavy atom. The van der Waals surface area contributed by atoms with E-state index in [1.54, 1.807) is 10.6 Å². The van der Waals surface area contributed by atoms with Crippen LogP contribution in [0.3, 0.4) is 0 Å². The number of ether oxygens (including phenoxy) is 1. The summed E-state index contributed by atoms with van der Waals surface area (Å²) >= 11 is 1.39. The molecule has 0 radical (unpaired) electrons. The molecular weight excluding hydrogens is 376 g/mol. The molecule has 0 unspecified atom stereocenters. The Kier molecular flexibility index (Phi) is 4.92. The lowest BCUT2D eigenvalue weighted by Gasteiger charge is -2.12. The van der Waals surface area contributed by atoms with Crippen molar-refractivity contribution in [2.24, 2.45) is 0 Å². The highest BCUT2D eigenvalue weighted by Gasteiger charge is 2.18. The maximum Gasteiger partial charge on any atom is 0.374 e. The van der Waals surface area contributed by atoms with Gasteiger partial charge in [0.15, 0.2) is 5.16 Å². The van der Waals surface area contributed by atoms with Crippen LogP contribution in [-0.4, -0.2) is 22.6 Å². The van der Waals surface area contributed by atoms with Crippen LogP contribution in [0.5, 0.6) is 0 Å². The summed E-state index contributed by atoms with van der Waals surface area (Å²) in [7, 11) is 1.31. The predicted octanol–water partition coefficient (Wildman–Crippen LogP) is 4.24. The fraction of sp³-hybridized carbons (Fsp3) is 0.190. The summed E-state index contributed by atoms with van der Waals surface area (Å²) in [5.41, 5.74) is 1.30. The molecule has 0 N–H and O–H groups in total. The number of benzene rings is 2. The van der Waals surface area contributed by atoms with E-state index in [2.05, 4.69) is 0 Å². The molecule has 4 rings (SSSR count). The SMILES string of the molecule is CCn1c(SCc2ccoc2C(=O)OC)nc2cc3ccccc3cc2c1=O. The van der Waals surface area contributed by atoms with Crippen molar-refractivity contribution < 1.29 is 13.9 Å². The van der Waals surface area contributed by atoms with Crippen molar-refractivity contribution in [3.8, 4) is 0 Å². The van der Waals surface area contributed by atoms with Crippen molar-refractivity contribution in [1.82, 2.24) is 9.55 Å². The second-order valence-electron chi connectivity index (χ2n) is 6.22. The fourth-order valence-corrected chi connectivity index (χ4v) is 4.18. The van der Waals surface area contributed by atoms with E-state index < -0.39 is 5.97 Å². The largest absolute Gasteiger partial charge is 0.463 e. The Morgan fingerprint density at radius 3 is 2.68 bits per heavy atom. The number of methoxy groups -OCH3 is 1. The summed E-state index contributed by atoms with van der Waals surface area (Å²) < 4.78 is 11.6. The number of rotatable bonds is 5. The minimum atomic E-state index is -0.522. The van der Waals surface area contributed by atoms with E-state index in [9.17, 15) is 9.59 Å². The molecule has 2 aromatic heterocycles. The first-order chi connectivity index (χ1) is 13.6. The highest BCUT2D eigenvalue weighted by atomic mass is 32.2. The smallest absolute Gasteiger partial charge is 0.374 e. The van der Waals surface area contributed by atoms with Gasteiger partial charge in [-0.25, -0.2) is 9.78 Å². The van der Waals surface area contributed by atoms with Gasteiger partial charge in [0.25, 0.3) is 5.56 Å². The molecule has 28 heavy (non-hydrogen) atoms. The first-order valence-corrected chi connectivity index (χ1v) is 9.81. The van der Waals surface area contributed by atoms with Crippen LogP contribution in [0.15, 0.2) is 63.1 Å². The highest BCUT2D eigenvalue weighted by Crippen LogP contribution is 2.26. The van der Waals surface area contributed by atoms with E-state index >= 15 is 0 Å². The Labute approximate surface area is 165 Å². The summed E-state index contributed by atoms with van der Waals surface area (Å²) in [6.07, 6.45) is 1.45. The zero-order chi connectivity index (χ0) is 19.7. The van der Waals surface area contributed by atoms with Crippen LogP contribution in [-0.2, 0) is 17.0 Å². The maximum atomic E-state index is 13.0. The normalized spacial score (nSPS) is 11.2. The third-order valence-corrected chi connectivity index (χ3v) is 5.60. The molecule has 0 fully saturated rings. The van der Waals surface area contributed by atoms with Crippen molar-refractivity contribution >= 4 is 39.4 Å². The van der Waals surface area contributed by atoms with Gasteiger partial charge in [0, 0.05) is 17.9 Å². The van der Waals surface area contributed by atoms with Gasteiger partial charge in [-0.05, 0) is 35.9 Å². The van der Waals surface area contributed by atoms with Crippen LogP contribution in [0, 0.1) is 0 Å². The monoisotopic (exact) mass is 394 g/mol. The lowest BCUT2D eigenvalue weighted by molar-refractivity contribution is 0.0564. The third kappa shape index (κ3) is 3.18. The molecule has 0 aliphatic carbocycles. The lowest BCUT2D eigenvalue weighted by Crippen LogP contribution is -2.22. The van der Waals surface area contributed by atoms with Crippen molar-refractivity contribution in [1.29, 1.82) is 0 Å². The quantitative estimate of drug-likeness (QED) is 0.218. The van der Waals surface area contributed by atoms with Crippen LogP contribution in [0.25, 0.3) is 21.7 Å². The average Bonchev–Trinajstić information content (AvgIpc) is 3.19. The molecule has 0 saturated heterocycles. The first-order valence-electron chi connectivity index (χ1n) is 8.83. The number of esters is 1. The molecule has 0 amide bonds. The van der Waals surface area contributed by atoms with Gasteiger partial charge in [-0.2, -0.15) is 0 Å². The molecule has 7 heteroatoms. The molecular formula is C21H18N2O4S. The summed E-state index contributed by atoms with van der Waals surface area (Å²) in [5, 5.41) is 3.25. The molecule has 0 saturated carbocycles. The van der Waals surface area contributed by atoms with Gasteiger partial charge < -0.3 is 9.15 Å². The minimum Gasteiger partial charge on any atom is -0.463 e. The van der Waals surface area contributed by atoms with Crippen LogP contribution >= 0.6 is 11.8 Å². The minimum absolute atomic E-state index is 0.0684. The second-order valence-corrected chi connectivity index (χ2v) is 7.16. The summed E-state index contributed by atoms with van der Waals surface area (Å²) in [6, 6.07) is 13.5. The molecule has 142 valence electrons. The van der Waals surface area contributed by atoms with Gasteiger partial charge in [-0.3, -0.25) is 9.36 Å². The van der Waals surface area contributed by atoms with Crippen LogP contribution in [0.4, 0.5) is 0 Å². The number of furan rings is 1. The molecule has 0 aliphatic heterocycles. The number of thioether (sulfide) groups is 1. The van der Waals surface area contributed by atoms with Gasteiger partial charge >= 0.3 is 5.97 Å². The molecule has 0 atom stereocenters. The molecule has 2 aromatic carbocycles. The van der Waals surface area contributed by atoms with Crippen LogP contribution in [0.2, 0.25) is 0 Å². The number of hydrogen-bond acceptors (Lipinski definition) is 6. The zero-order valence-corrected chi connectivity index (χ0v) is 16.3. The molecule has 0 aliphatic rings. The molecule has 0 spiro atoms. The number of nitrogens with zero attached hydrogens (tertiary/aromatic N) is 2. The number of carbonyl (C=O) groups excluding carboxylic acids is 1. The van der Waals surface area contributed by atoms with E-state index in [0.29, 0.717) is 33.9 Å². The van der Waals surface area contributed by atoms with Gasteiger partial charge in [0.05, 0.1) is 24.3 Å². The van der Waals surface area contributed by atoms with Crippen molar-refractivity contribution in [3.05, 3.63) is 70.4 Å². The molecule has 2 heterocycles. The zero-order valence-electron chi connectivity index (χ0n) is 15.5. The summed E-state index contributed by atoms with van der Waals surface area (Å²) in [4.78, 5) is 29.5. The third-order valence-electron chi connectivity index (χ3n) is 4.58. The maximum absolute atomic E-state index is 13.0. The first kappa shape index (κ1) is 18.3. The van der Waals surface area contributed by atoms with E-state index in [4.69, 9.17) is 14.1 Å². The van der Waals surface area contributed by atoms with Crippen molar-refractivity contribution in [3.63, 3.8) is 0 Å². The number of fused-ring (bicyclic) bond motifs is 2. The average molecular weight is 394 g/mol. The van der Waals surface area contributed by atoms with E-state index in [0.717, 1.165) is 10.8 Å². The number of hydrogen-bond donors (Lipinski definition) is 0. The van der Waals surface area contributed by atoms with E-state index in [1.165, 1.54) is 25.1 Å².